The van der Waals surface area contributed by atoms with Crippen LogP contribution in [-0.4, -0.2) is 30.4 Å². The number of nitrogens with zero attached hydrogens (tertiary/aromatic N) is 1. The molecule has 2 heterocycles. The van der Waals surface area contributed by atoms with E-state index in [0.29, 0.717) is 5.69 Å². The highest BCUT2D eigenvalue weighted by Crippen LogP contribution is 2.36. The predicted molar refractivity (Wildman–Crippen MR) is 70.7 cm³/mol. The van der Waals surface area contributed by atoms with Gasteiger partial charge in [0.2, 0.25) is 0 Å². The maximum absolute atomic E-state index is 8.02. The Bertz CT molecular complexity index is 550. The fraction of sp³-hybridized carbons (Fsp3) is 0.615. The van der Waals surface area contributed by atoms with Crippen molar-refractivity contribution in [2.75, 3.05) is 7.11 Å². The van der Waals surface area contributed by atoms with Gasteiger partial charge in [-0.2, -0.15) is 0 Å². The summed E-state index contributed by atoms with van der Waals surface area (Å²) >= 11 is 0. The molecule has 98 valence electrons. The third kappa shape index (κ3) is 2.43. The largest absolute Gasteiger partial charge is 0.514 e. The Kier molecular flexibility index (Phi) is 2.57. The van der Waals surface area contributed by atoms with Crippen LogP contribution in [0.2, 0.25) is 0 Å². The molecule has 0 unspecified atom stereocenters. The first-order valence-corrected chi connectivity index (χ1v) is 5.92. The summed E-state index contributed by atoms with van der Waals surface area (Å²) in [5, 5.41) is 0. The molecule has 1 aliphatic heterocycles. The molecule has 0 amide bonds. The van der Waals surface area contributed by atoms with Gasteiger partial charge in [-0.05, 0) is 39.8 Å². The molecule has 0 atom stereocenters. The smallest absolute Gasteiger partial charge is 0.398 e. The monoisotopic (exact) mass is 252 g/mol. The van der Waals surface area contributed by atoms with E-state index in [-0.39, 0.29) is 30.3 Å². The zero-order valence-corrected chi connectivity index (χ0v) is 11.5. The van der Waals surface area contributed by atoms with Gasteiger partial charge < -0.3 is 14.0 Å². The van der Waals surface area contributed by atoms with E-state index in [9.17, 15) is 0 Å². The highest BCUT2D eigenvalue weighted by Gasteiger charge is 2.52. The molecule has 1 saturated heterocycles. The number of methoxy groups -OCH3 is 1. The highest BCUT2D eigenvalue weighted by atomic mass is 16.7. The van der Waals surface area contributed by atoms with Gasteiger partial charge in [0.1, 0.15) is 0 Å². The Morgan fingerprint density at radius 1 is 1.28 bits per heavy atom. The van der Waals surface area contributed by atoms with Crippen LogP contribution in [0, 0.1) is 0 Å². The van der Waals surface area contributed by atoms with Crippen molar-refractivity contribution in [1.82, 2.24) is 4.98 Å². The van der Waals surface area contributed by atoms with E-state index in [1.165, 1.54) is 7.11 Å². The Hall–Kier alpha value is -0.905. The van der Waals surface area contributed by atoms with E-state index < -0.39 is 18.3 Å². The summed E-state index contributed by atoms with van der Waals surface area (Å²) in [6.45, 7) is 7.75. The lowest BCUT2D eigenvalue weighted by Gasteiger charge is -2.32. The SMILES string of the molecule is [2H]c1c(COC)nc(B2OC(C)(C)C(C)(C)O2)c([2H])c1[2H]. The Labute approximate surface area is 113 Å². The zero-order valence-electron chi connectivity index (χ0n) is 14.5. The van der Waals surface area contributed by atoms with Crippen LogP contribution in [0.4, 0.5) is 0 Å². The molecule has 5 heteroatoms. The van der Waals surface area contributed by atoms with Crippen molar-refractivity contribution in [3.8, 4) is 0 Å². The van der Waals surface area contributed by atoms with Gasteiger partial charge in [-0.1, -0.05) is 6.04 Å². The normalized spacial score (nSPS) is 23.6. The quantitative estimate of drug-likeness (QED) is 0.765. The molecule has 0 saturated carbocycles. The molecular weight excluding hydrogens is 229 g/mol. The van der Waals surface area contributed by atoms with Gasteiger partial charge in [0.25, 0.3) is 0 Å². The van der Waals surface area contributed by atoms with Crippen molar-refractivity contribution in [2.45, 2.75) is 45.5 Å². The standard InChI is InChI=1S/C13H20BNO3/c1-12(2)13(3,4)18-14(17-12)11-8-6-7-10(15-11)9-16-5/h6-8H,9H2,1-5H3/i6D,7D,8D. The average Bonchev–Trinajstić information content (AvgIpc) is 2.59. The average molecular weight is 252 g/mol. The molecule has 1 aromatic heterocycles. The minimum Gasteiger partial charge on any atom is -0.398 e. The molecule has 0 N–H and O–H groups in total. The summed E-state index contributed by atoms with van der Waals surface area (Å²) in [7, 11) is 0.677. The molecule has 0 radical (unpaired) electrons. The second kappa shape index (κ2) is 4.65. The molecule has 1 fully saturated rings. The highest BCUT2D eigenvalue weighted by molar-refractivity contribution is 6.61. The first-order valence-electron chi connectivity index (χ1n) is 7.42. The molecule has 18 heavy (non-hydrogen) atoms. The first-order chi connectivity index (χ1) is 9.60. The van der Waals surface area contributed by atoms with Gasteiger partial charge >= 0.3 is 7.12 Å². The number of hydrogen-bond donors (Lipinski definition) is 0. The molecule has 0 bridgehead atoms. The molecule has 2 rings (SSSR count). The fourth-order valence-electron chi connectivity index (χ4n) is 1.64. The van der Waals surface area contributed by atoms with Crippen LogP contribution < -0.4 is 5.59 Å². The Morgan fingerprint density at radius 3 is 2.44 bits per heavy atom. The second-order valence-electron chi connectivity index (χ2n) is 5.34. The predicted octanol–water partition coefficient (Wildman–Crippen LogP) is 1.53. The summed E-state index contributed by atoms with van der Waals surface area (Å²) in [4.78, 5) is 4.27. The molecule has 0 spiro atoms. The van der Waals surface area contributed by atoms with Crippen LogP contribution in [0.25, 0.3) is 0 Å². The van der Waals surface area contributed by atoms with Crippen molar-refractivity contribution < 1.29 is 18.2 Å². The van der Waals surface area contributed by atoms with Crippen LogP contribution in [0.5, 0.6) is 0 Å². The second-order valence-corrected chi connectivity index (χ2v) is 5.34. The summed E-state index contributed by atoms with van der Waals surface area (Å²) in [6.07, 6.45) is 0. The van der Waals surface area contributed by atoms with E-state index >= 15 is 0 Å². The van der Waals surface area contributed by atoms with Crippen LogP contribution in [0.3, 0.4) is 0 Å². The molecule has 1 aliphatic rings. The van der Waals surface area contributed by atoms with E-state index in [1.807, 2.05) is 27.7 Å². The molecule has 4 nitrogen and oxygen atoms in total. The van der Waals surface area contributed by atoms with Gasteiger partial charge in [-0.15, -0.1) is 0 Å². The van der Waals surface area contributed by atoms with Crippen molar-refractivity contribution in [3.63, 3.8) is 0 Å². The number of hydrogen-bond acceptors (Lipinski definition) is 4. The van der Waals surface area contributed by atoms with Crippen LogP contribution in [0.1, 0.15) is 37.5 Å². The lowest BCUT2D eigenvalue weighted by molar-refractivity contribution is 0.00578. The summed E-state index contributed by atoms with van der Waals surface area (Å²) in [6, 6.07) is -0.428. The Morgan fingerprint density at radius 2 is 1.89 bits per heavy atom. The van der Waals surface area contributed by atoms with Gasteiger partial charge in [0.05, 0.1) is 33.2 Å². The summed E-state index contributed by atoms with van der Waals surface area (Å²) in [5.41, 5.74) is -0.561. The van der Waals surface area contributed by atoms with Crippen molar-refractivity contribution in [1.29, 1.82) is 0 Å². The van der Waals surface area contributed by atoms with Crippen molar-refractivity contribution >= 4 is 12.7 Å². The van der Waals surface area contributed by atoms with E-state index in [2.05, 4.69) is 4.98 Å². The lowest BCUT2D eigenvalue weighted by atomic mass is 9.84. The lowest BCUT2D eigenvalue weighted by Crippen LogP contribution is -2.41. The summed E-state index contributed by atoms with van der Waals surface area (Å²) in [5.74, 6) is 0. The first kappa shape index (κ1) is 9.95. The molecular formula is C13H20BNO3. The van der Waals surface area contributed by atoms with Crippen molar-refractivity contribution in [2.24, 2.45) is 0 Å². The van der Waals surface area contributed by atoms with Crippen LogP contribution in [-0.2, 0) is 20.7 Å². The van der Waals surface area contributed by atoms with E-state index in [1.54, 1.807) is 0 Å². The van der Waals surface area contributed by atoms with Gasteiger partial charge in [-0.3, -0.25) is 4.98 Å². The van der Waals surface area contributed by atoms with Crippen LogP contribution in [0.15, 0.2) is 18.1 Å². The minimum atomic E-state index is -0.817. The maximum atomic E-state index is 8.02. The van der Waals surface area contributed by atoms with E-state index in [0.717, 1.165) is 0 Å². The van der Waals surface area contributed by atoms with Crippen LogP contribution >= 0.6 is 0 Å². The van der Waals surface area contributed by atoms with Gasteiger partial charge in [-0.25, -0.2) is 0 Å². The summed E-state index contributed by atoms with van der Waals surface area (Å²) < 4.78 is 40.5. The number of aromatic nitrogens is 1. The maximum Gasteiger partial charge on any atom is 0.514 e. The van der Waals surface area contributed by atoms with Gasteiger partial charge in [0, 0.05) is 7.11 Å². The number of ether oxygens (including phenoxy) is 1. The number of rotatable bonds is 3. The van der Waals surface area contributed by atoms with E-state index in [4.69, 9.17) is 18.2 Å². The third-order valence-electron chi connectivity index (χ3n) is 3.41. The Balaban J connectivity index is 2.46. The minimum absolute atomic E-state index is 0.0953. The molecule has 1 aromatic rings. The number of pyridine rings is 1. The fourth-order valence-corrected chi connectivity index (χ4v) is 1.64. The molecule has 0 aromatic carbocycles. The van der Waals surface area contributed by atoms with Gasteiger partial charge in [0.15, 0.2) is 0 Å². The molecule has 0 aliphatic carbocycles. The topological polar surface area (TPSA) is 40.6 Å². The zero-order chi connectivity index (χ0) is 16.0. The third-order valence-corrected chi connectivity index (χ3v) is 3.41. The van der Waals surface area contributed by atoms with Crippen molar-refractivity contribution in [3.05, 3.63) is 23.8 Å².